The van der Waals surface area contributed by atoms with Gasteiger partial charge in [-0.15, -0.1) is 0 Å². The molecule has 1 aromatic rings. The molecule has 0 aliphatic carbocycles. The number of nitrogens with one attached hydrogen (secondary N) is 2. The van der Waals surface area contributed by atoms with Crippen LogP contribution in [0.15, 0.2) is 15.8 Å². The molecule has 0 spiro atoms. The van der Waals surface area contributed by atoms with E-state index in [1.54, 1.807) is 0 Å². The number of nitrogens with zero attached hydrogens (tertiary/aromatic N) is 1. The van der Waals surface area contributed by atoms with Gasteiger partial charge in [0.1, 0.15) is 12.2 Å². The summed E-state index contributed by atoms with van der Waals surface area (Å²) >= 11 is 0. The maximum atomic E-state index is 11.7. The Labute approximate surface area is 104 Å². The number of rotatable bonds is 4. The molecule has 0 fully saturated rings. The lowest BCUT2D eigenvalue weighted by Gasteiger charge is -2.17. The van der Waals surface area contributed by atoms with Crippen LogP contribution in [-0.4, -0.2) is 21.5 Å². The van der Waals surface area contributed by atoms with Gasteiger partial charge in [0.2, 0.25) is 5.91 Å². The predicted molar refractivity (Wildman–Crippen MR) is 68.2 cm³/mol. The number of hydrogen-bond acceptors (Lipinski definition) is 4. The number of aromatic nitrogens is 2. The van der Waals surface area contributed by atoms with Gasteiger partial charge in [-0.2, -0.15) is 0 Å². The van der Waals surface area contributed by atoms with Crippen molar-refractivity contribution >= 4 is 11.6 Å². The van der Waals surface area contributed by atoms with Crippen molar-refractivity contribution in [3.05, 3.63) is 27.0 Å². The van der Waals surface area contributed by atoms with E-state index in [2.05, 4.69) is 5.32 Å². The fourth-order valence-electron chi connectivity index (χ4n) is 1.26. The van der Waals surface area contributed by atoms with Crippen LogP contribution < -0.4 is 22.3 Å². The first-order valence-corrected chi connectivity index (χ1v) is 5.70. The average molecular weight is 254 g/mol. The van der Waals surface area contributed by atoms with Crippen LogP contribution in [0.3, 0.4) is 0 Å². The van der Waals surface area contributed by atoms with Crippen molar-refractivity contribution in [3.63, 3.8) is 0 Å². The Balaban J connectivity index is 2.80. The molecule has 0 bridgehead atoms. The fraction of sp³-hybridized carbons (Fsp3) is 0.545. The quantitative estimate of drug-likeness (QED) is 0.658. The van der Waals surface area contributed by atoms with E-state index in [1.807, 2.05) is 25.8 Å². The Hall–Kier alpha value is -2.05. The minimum absolute atomic E-state index is 0.00769. The molecule has 0 aromatic carbocycles. The highest BCUT2D eigenvalue weighted by molar-refractivity contribution is 5.76. The maximum Gasteiger partial charge on any atom is 0.328 e. The van der Waals surface area contributed by atoms with Gasteiger partial charge in [-0.05, 0) is 12.8 Å². The van der Waals surface area contributed by atoms with Crippen LogP contribution in [0.5, 0.6) is 0 Å². The molecular formula is C11H18N4O3. The minimum Gasteiger partial charge on any atom is -0.393 e. The van der Waals surface area contributed by atoms with Crippen LogP contribution in [0.1, 0.15) is 20.8 Å². The van der Waals surface area contributed by atoms with Crippen molar-refractivity contribution in [2.24, 2.45) is 5.92 Å². The first kappa shape index (κ1) is 14.0. The topological polar surface area (TPSA) is 110 Å². The molecule has 0 aliphatic rings. The summed E-state index contributed by atoms with van der Waals surface area (Å²) in [5, 5.41) is 2.76. The summed E-state index contributed by atoms with van der Waals surface area (Å²) in [5.41, 5.74) is 3.98. The second kappa shape index (κ2) is 5.52. The van der Waals surface area contributed by atoms with Crippen LogP contribution >= 0.6 is 0 Å². The predicted octanol–water partition coefficient (Wildman–Crippen LogP) is -0.720. The van der Waals surface area contributed by atoms with Gasteiger partial charge in [-0.25, -0.2) is 4.79 Å². The number of anilines is 1. The minimum atomic E-state index is -0.651. The van der Waals surface area contributed by atoms with Gasteiger partial charge < -0.3 is 11.1 Å². The summed E-state index contributed by atoms with van der Waals surface area (Å²) in [5.74, 6) is -0.00364. The van der Waals surface area contributed by atoms with Crippen molar-refractivity contribution in [3.8, 4) is 0 Å². The lowest BCUT2D eigenvalue weighted by molar-refractivity contribution is -0.122. The first-order chi connectivity index (χ1) is 8.31. The Morgan fingerprint density at radius 2 is 2.06 bits per heavy atom. The summed E-state index contributed by atoms with van der Waals surface area (Å²) in [6, 6.07) is 0.00769. The van der Waals surface area contributed by atoms with Gasteiger partial charge in [0.05, 0.1) is 0 Å². The molecule has 4 N–H and O–H groups in total. The lowest BCUT2D eigenvalue weighted by Crippen LogP contribution is -2.41. The zero-order valence-electron chi connectivity index (χ0n) is 10.7. The van der Waals surface area contributed by atoms with Gasteiger partial charge in [-0.1, -0.05) is 13.8 Å². The van der Waals surface area contributed by atoms with E-state index < -0.39 is 11.2 Å². The second-order valence-corrected chi connectivity index (χ2v) is 4.57. The maximum absolute atomic E-state index is 11.7. The van der Waals surface area contributed by atoms with E-state index >= 15 is 0 Å². The molecule has 18 heavy (non-hydrogen) atoms. The van der Waals surface area contributed by atoms with Crippen molar-refractivity contribution in [1.82, 2.24) is 14.9 Å². The van der Waals surface area contributed by atoms with Crippen LogP contribution in [-0.2, 0) is 11.3 Å². The highest BCUT2D eigenvalue weighted by Gasteiger charge is 2.12. The number of nitrogens with two attached hydrogens (primary N) is 1. The van der Waals surface area contributed by atoms with Crippen LogP contribution in [0.25, 0.3) is 0 Å². The summed E-state index contributed by atoms with van der Waals surface area (Å²) in [7, 11) is 0. The Morgan fingerprint density at radius 1 is 1.44 bits per heavy atom. The Kier molecular flexibility index (Phi) is 4.30. The van der Waals surface area contributed by atoms with Crippen LogP contribution in [0.4, 0.5) is 5.69 Å². The molecule has 1 atom stereocenters. The van der Waals surface area contributed by atoms with E-state index in [4.69, 9.17) is 5.73 Å². The average Bonchev–Trinajstić information content (AvgIpc) is 2.25. The van der Waals surface area contributed by atoms with Crippen LogP contribution in [0, 0.1) is 5.92 Å². The lowest BCUT2D eigenvalue weighted by atomic mass is 10.1. The molecule has 1 unspecified atom stereocenters. The number of aromatic amines is 1. The SMILES string of the molecule is CC(C)C(C)NC(=O)Cn1cc(N)c(=O)[nH]c1=O. The molecule has 0 saturated carbocycles. The highest BCUT2D eigenvalue weighted by atomic mass is 16.2. The van der Waals surface area contributed by atoms with Crippen LogP contribution in [0.2, 0.25) is 0 Å². The molecule has 1 aromatic heterocycles. The summed E-state index contributed by atoms with van der Waals surface area (Å²) in [6.45, 7) is 5.67. The normalized spacial score (nSPS) is 12.4. The van der Waals surface area contributed by atoms with E-state index in [-0.39, 0.29) is 24.2 Å². The van der Waals surface area contributed by atoms with Crippen molar-refractivity contribution in [2.45, 2.75) is 33.4 Å². The third kappa shape index (κ3) is 3.47. The zero-order valence-corrected chi connectivity index (χ0v) is 10.7. The third-order valence-electron chi connectivity index (χ3n) is 2.74. The molecule has 7 nitrogen and oxygen atoms in total. The van der Waals surface area contributed by atoms with Gasteiger partial charge in [0, 0.05) is 12.2 Å². The monoisotopic (exact) mass is 254 g/mol. The second-order valence-electron chi connectivity index (χ2n) is 4.57. The van der Waals surface area contributed by atoms with E-state index in [0.717, 1.165) is 4.57 Å². The molecule has 1 amide bonds. The highest BCUT2D eigenvalue weighted by Crippen LogP contribution is 1.99. The summed E-state index contributed by atoms with van der Waals surface area (Å²) in [6.07, 6.45) is 1.17. The number of hydrogen-bond donors (Lipinski definition) is 3. The molecule has 100 valence electrons. The van der Waals surface area contributed by atoms with Gasteiger partial charge in [-0.3, -0.25) is 19.1 Å². The first-order valence-electron chi connectivity index (χ1n) is 5.70. The molecule has 0 radical (unpaired) electrons. The number of carbonyl (C=O) groups is 1. The number of carbonyl (C=O) groups excluding carboxylic acids is 1. The molecule has 0 aliphatic heterocycles. The molecule has 1 heterocycles. The molecule has 1 rings (SSSR count). The smallest absolute Gasteiger partial charge is 0.328 e. The van der Waals surface area contributed by atoms with E-state index in [1.165, 1.54) is 6.20 Å². The van der Waals surface area contributed by atoms with Gasteiger partial charge in [0.15, 0.2) is 0 Å². The van der Waals surface area contributed by atoms with E-state index in [9.17, 15) is 14.4 Å². The summed E-state index contributed by atoms with van der Waals surface area (Å²) in [4.78, 5) is 36.2. The van der Waals surface area contributed by atoms with Crippen molar-refractivity contribution in [2.75, 3.05) is 5.73 Å². The fourth-order valence-corrected chi connectivity index (χ4v) is 1.26. The van der Waals surface area contributed by atoms with Crippen molar-refractivity contribution in [1.29, 1.82) is 0 Å². The number of nitrogen functional groups attached to an aromatic ring is 1. The molecule has 0 saturated heterocycles. The van der Waals surface area contributed by atoms with E-state index in [0.29, 0.717) is 5.92 Å². The zero-order chi connectivity index (χ0) is 13.9. The Morgan fingerprint density at radius 3 is 2.61 bits per heavy atom. The standard InChI is InChI=1S/C11H18N4O3/c1-6(2)7(3)13-9(16)5-15-4-8(12)10(17)14-11(15)18/h4,6-7H,5,12H2,1-3H3,(H,13,16)(H,14,17,18). The van der Waals surface area contributed by atoms with Gasteiger partial charge in [0.25, 0.3) is 5.56 Å². The van der Waals surface area contributed by atoms with Crippen molar-refractivity contribution < 1.29 is 4.79 Å². The third-order valence-corrected chi connectivity index (χ3v) is 2.74. The van der Waals surface area contributed by atoms with Gasteiger partial charge >= 0.3 is 5.69 Å². The largest absolute Gasteiger partial charge is 0.393 e. The molecular weight excluding hydrogens is 236 g/mol. The summed E-state index contributed by atoms with van der Waals surface area (Å²) < 4.78 is 1.07. The number of amides is 1. The molecule has 7 heteroatoms. The Bertz CT molecular complexity index is 544. The number of H-pyrrole nitrogens is 1.